The maximum atomic E-state index is 9.67. The zero-order chi connectivity index (χ0) is 6.99. The molecule has 8 heavy (non-hydrogen) atoms. The molecular weight excluding hydrogens is 147 g/mol. The first kappa shape index (κ1) is 12.2. The van der Waals surface area contributed by atoms with E-state index < -0.39 is 7.54 Å². The van der Waals surface area contributed by atoms with Crippen LogP contribution in [0.5, 0.6) is 0 Å². The van der Waals surface area contributed by atoms with Crippen molar-refractivity contribution in [2.24, 2.45) is 0 Å². The van der Waals surface area contributed by atoms with Crippen LogP contribution in [-0.2, 0) is 4.74 Å². The zero-order valence-electron chi connectivity index (χ0n) is 4.83. The molecule has 0 aromatic carbocycles. The molecule has 6 heteroatoms. The Labute approximate surface area is 80.8 Å². The molecule has 0 amide bonds. The van der Waals surface area contributed by atoms with Gasteiger partial charge in [0.05, 0.1) is 0 Å². The summed E-state index contributed by atoms with van der Waals surface area (Å²) in [4.78, 5) is 0. The Balaban J connectivity index is 0. The molecule has 0 aliphatic rings. The number of rotatable bonds is 1. The van der Waals surface area contributed by atoms with Crippen molar-refractivity contribution in [1.29, 1.82) is 0 Å². The standard InChI is InChI=1S/C2H5O.BF3.K/c1-3-2;2-1(3)4;/h1H2,2H3;;. The first-order valence-electron chi connectivity index (χ1n) is 2.06. The van der Waals surface area contributed by atoms with Crippen LogP contribution >= 0.6 is 0 Å². The van der Waals surface area contributed by atoms with Crippen LogP contribution in [0.3, 0.4) is 0 Å². The van der Waals surface area contributed by atoms with Crippen LogP contribution in [0.25, 0.3) is 0 Å². The summed E-state index contributed by atoms with van der Waals surface area (Å²) in [7, 11) is -1.94. The molecule has 0 fully saturated rings. The molecule has 0 atom stereocenters. The van der Waals surface area contributed by atoms with E-state index in [1.165, 1.54) is 0 Å². The predicted octanol–water partition coefficient (Wildman–Crippen LogP) is 0.639. The average Bonchev–Trinajstić information content (AvgIpc) is 1.65. The van der Waals surface area contributed by atoms with Gasteiger partial charge in [-0.1, -0.05) is 0 Å². The third-order valence-electron chi connectivity index (χ3n) is 0.289. The maximum absolute atomic E-state index is 9.67. The zero-order valence-corrected chi connectivity index (χ0v) is 7.95. The van der Waals surface area contributed by atoms with E-state index in [9.17, 15) is 12.9 Å². The summed E-state index contributed by atoms with van der Waals surface area (Å²) < 4.78 is 34.6. The smallest absolute Gasteiger partial charge is 0.254 e. The molecule has 0 saturated carbocycles. The summed E-state index contributed by atoms with van der Waals surface area (Å²) >= 11 is 0.891. The number of hydrogen-bond acceptors (Lipinski definition) is 1. The molecule has 0 bridgehead atoms. The molecule has 0 aliphatic heterocycles. The van der Waals surface area contributed by atoms with Crippen molar-refractivity contribution in [1.82, 2.24) is 0 Å². The third-order valence-corrected chi connectivity index (χ3v) is 1.19. The van der Waals surface area contributed by atoms with Gasteiger partial charge < -0.3 is 0 Å². The van der Waals surface area contributed by atoms with Crippen molar-refractivity contribution >= 4 is 56.5 Å². The Morgan fingerprint density at radius 2 is 1.62 bits per heavy atom. The van der Waals surface area contributed by atoms with Gasteiger partial charge in [-0.25, -0.2) is 0 Å². The second-order valence-electron chi connectivity index (χ2n) is 0.825. The molecule has 0 N–H and O–H groups in total. The quantitative estimate of drug-likeness (QED) is 0.501. The van der Waals surface area contributed by atoms with Crippen molar-refractivity contribution in [2.45, 2.75) is 0 Å². The Hall–Kier alpha value is 1.45. The second-order valence-corrected chi connectivity index (χ2v) is 1.73. The summed E-state index contributed by atoms with van der Waals surface area (Å²) in [6, 6.07) is 0. The molecule has 0 saturated heterocycles. The van der Waals surface area contributed by atoms with Crippen LogP contribution in [-0.4, -0.2) is 64.3 Å². The summed E-state index contributed by atoms with van der Waals surface area (Å²) in [5.74, 6) is 0. The summed E-state index contributed by atoms with van der Waals surface area (Å²) in [6.45, 7) is 0. The van der Waals surface area contributed by atoms with E-state index in [0.29, 0.717) is 0 Å². The molecule has 0 heterocycles. The number of ether oxygens (including phenoxy) is 1. The van der Waals surface area contributed by atoms with Gasteiger partial charge >= 0.3 is 69.0 Å². The van der Waals surface area contributed by atoms with Gasteiger partial charge in [-0.15, -0.1) is 0 Å². The molecule has 0 radical (unpaired) electrons. The first-order valence-corrected chi connectivity index (χ1v) is 4.27. The van der Waals surface area contributed by atoms with Crippen LogP contribution in [0.1, 0.15) is 0 Å². The van der Waals surface area contributed by atoms with E-state index in [1.807, 2.05) is 0 Å². The normalized spacial score (nSPS) is 7.25. The topological polar surface area (TPSA) is 9.23 Å². The molecule has 0 unspecified atom stereocenters. The molecule has 0 aliphatic carbocycles. The minimum atomic E-state index is -3.67. The van der Waals surface area contributed by atoms with Gasteiger partial charge in [0.1, 0.15) is 0 Å². The summed E-state index contributed by atoms with van der Waals surface area (Å²) in [6.07, 6.45) is 0. The Morgan fingerprint density at radius 1 is 1.50 bits per heavy atom. The van der Waals surface area contributed by atoms with Gasteiger partial charge in [0.15, 0.2) is 0 Å². The Bertz CT molecular complexity index is 33.7. The fraction of sp³-hybridized carbons (Fsp3) is 1.00. The van der Waals surface area contributed by atoms with E-state index >= 15 is 0 Å². The van der Waals surface area contributed by atoms with E-state index in [1.54, 1.807) is 7.11 Å². The van der Waals surface area contributed by atoms with Crippen LogP contribution in [0.15, 0.2) is 0 Å². The van der Waals surface area contributed by atoms with Crippen LogP contribution in [0, 0.1) is 0 Å². The van der Waals surface area contributed by atoms with Gasteiger partial charge in [0, 0.05) is 0 Å². The van der Waals surface area contributed by atoms with Gasteiger partial charge in [0.25, 0.3) is 0 Å². The fourth-order valence-electron chi connectivity index (χ4n) is 0. The summed E-state index contributed by atoms with van der Waals surface area (Å²) in [5, 5.41) is 0. The number of halogens is 3. The molecule has 0 aromatic heterocycles. The van der Waals surface area contributed by atoms with E-state index in [0.717, 1.165) is 49.7 Å². The second kappa shape index (κ2) is 11.3. The molecule has 44 valence electrons. The minimum Gasteiger partial charge on any atom is -0.254 e. The van der Waals surface area contributed by atoms with Crippen molar-refractivity contribution < 1.29 is 17.7 Å². The fourth-order valence-corrected chi connectivity index (χ4v) is 0. The van der Waals surface area contributed by atoms with Crippen LogP contribution in [0.2, 0.25) is 0 Å². The van der Waals surface area contributed by atoms with Gasteiger partial charge in [-0.3, -0.25) is 12.9 Å². The monoisotopic (exact) mass is 152 g/mol. The van der Waals surface area contributed by atoms with E-state index in [2.05, 4.69) is 4.74 Å². The van der Waals surface area contributed by atoms with E-state index in [4.69, 9.17) is 0 Å². The molecule has 0 aromatic rings. The molecule has 1 nitrogen and oxygen atoms in total. The van der Waals surface area contributed by atoms with Crippen molar-refractivity contribution in [3.05, 3.63) is 0 Å². The third kappa shape index (κ3) is 51.6. The summed E-state index contributed by atoms with van der Waals surface area (Å²) in [5.41, 5.74) is 0. The van der Waals surface area contributed by atoms with E-state index in [-0.39, 0.29) is 0 Å². The van der Waals surface area contributed by atoms with Gasteiger partial charge in [-0.05, 0) is 0 Å². The van der Waals surface area contributed by atoms with Gasteiger partial charge in [-0.2, -0.15) is 0 Å². The number of hydrogen-bond donors (Lipinski definition) is 0. The van der Waals surface area contributed by atoms with Gasteiger partial charge in [0.2, 0.25) is 0 Å². The Kier molecular flexibility index (Phi) is 17.1. The molecular formula is C2H5BF3KO. The largest absolute Gasteiger partial charge is 0.762 e. The SMILES string of the molecule is CO[CH2][K].FB(F)F. The molecule has 0 rings (SSSR count). The maximum Gasteiger partial charge on any atom is 0.762 e. The first-order chi connectivity index (χ1) is 3.65. The predicted molar refractivity (Wildman–Crippen MR) is 26.7 cm³/mol. The Morgan fingerprint density at radius 3 is 1.62 bits per heavy atom. The van der Waals surface area contributed by atoms with Crippen molar-refractivity contribution in [3.8, 4) is 0 Å². The number of methoxy groups -OCH3 is 1. The molecule has 0 spiro atoms. The van der Waals surface area contributed by atoms with Crippen molar-refractivity contribution in [2.75, 3.05) is 7.81 Å². The minimum absolute atomic E-state index is 0.891. The average molecular weight is 152 g/mol. The van der Waals surface area contributed by atoms with Crippen LogP contribution < -0.4 is 0 Å². The van der Waals surface area contributed by atoms with Crippen LogP contribution in [0.4, 0.5) is 12.9 Å². The van der Waals surface area contributed by atoms with Crippen molar-refractivity contribution in [3.63, 3.8) is 0 Å².